The Balaban J connectivity index is 2.29. The topological polar surface area (TPSA) is 0 Å². The maximum Gasteiger partial charge on any atom is 0.239 e. The Morgan fingerprint density at radius 1 is 1.67 bits per heavy atom. The van der Waals surface area contributed by atoms with Crippen LogP contribution in [-0.4, -0.2) is 6.43 Å². The zero-order chi connectivity index (χ0) is 7.07. The molecule has 9 heavy (non-hydrogen) atoms. The molecule has 0 heterocycles. The molecule has 0 spiro atoms. The molecule has 0 aliphatic heterocycles. The van der Waals surface area contributed by atoms with Gasteiger partial charge in [0, 0.05) is 6.42 Å². The third-order valence-electron chi connectivity index (χ3n) is 2.42. The fourth-order valence-electron chi connectivity index (χ4n) is 1.28. The van der Waals surface area contributed by atoms with Crippen molar-refractivity contribution in [1.82, 2.24) is 0 Å². The van der Waals surface area contributed by atoms with E-state index in [0.29, 0.717) is 5.92 Å². The van der Waals surface area contributed by atoms with E-state index in [4.69, 9.17) is 0 Å². The van der Waals surface area contributed by atoms with Gasteiger partial charge in [0.25, 0.3) is 0 Å². The SMILES string of the molecule is CC1CC1(C)CC(F)F. The van der Waals surface area contributed by atoms with Crippen LogP contribution in [0.3, 0.4) is 0 Å². The highest BCUT2D eigenvalue weighted by atomic mass is 19.3. The van der Waals surface area contributed by atoms with Crippen LogP contribution in [0, 0.1) is 11.3 Å². The van der Waals surface area contributed by atoms with E-state index in [0.717, 1.165) is 6.42 Å². The van der Waals surface area contributed by atoms with Crippen LogP contribution in [0.25, 0.3) is 0 Å². The zero-order valence-electron chi connectivity index (χ0n) is 5.82. The Morgan fingerprint density at radius 2 is 2.11 bits per heavy atom. The molecular formula is C7H12F2. The monoisotopic (exact) mass is 134 g/mol. The normalized spacial score (nSPS) is 41.7. The van der Waals surface area contributed by atoms with Crippen molar-refractivity contribution in [3.8, 4) is 0 Å². The van der Waals surface area contributed by atoms with Crippen LogP contribution in [0.1, 0.15) is 26.7 Å². The summed E-state index contributed by atoms with van der Waals surface area (Å²) in [5.41, 5.74) is -0.0197. The molecule has 1 rings (SSSR count). The van der Waals surface area contributed by atoms with Gasteiger partial charge in [-0.05, 0) is 17.8 Å². The van der Waals surface area contributed by atoms with E-state index in [1.807, 2.05) is 13.8 Å². The number of hydrogen-bond donors (Lipinski definition) is 0. The van der Waals surface area contributed by atoms with E-state index < -0.39 is 6.43 Å². The largest absolute Gasteiger partial charge is 0.239 e. The highest BCUT2D eigenvalue weighted by Gasteiger charge is 2.47. The second kappa shape index (κ2) is 1.93. The summed E-state index contributed by atoms with van der Waals surface area (Å²) in [5.74, 6) is 0.520. The van der Waals surface area contributed by atoms with E-state index >= 15 is 0 Å². The van der Waals surface area contributed by atoms with Crippen molar-refractivity contribution in [3.05, 3.63) is 0 Å². The lowest BCUT2D eigenvalue weighted by Crippen LogP contribution is -2.03. The number of alkyl halides is 2. The molecule has 1 saturated carbocycles. The van der Waals surface area contributed by atoms with Crippen molar-refractivity contribution in [3.63, 3.8) is 0 Å². The van der Waals surface area contributed by atoms with Gasteiger partial charge in [0.15, 0.2) is 0 Å². The molecule has 0 nitrogen and oxygen atoms in total. The minimum Gasteiger partial charge on any atom is -0.211 e. The Labute approximate surface area is 54.3 Å². The van der Waals surface area contributed by atoms with E-state index in [2.05, 4.69) is 0 Å². The molecule has 0 radical (unpaired) electrons. The van der Waals surface area contributed by atoms with Gasteiger partial charge in [0.1, 0.15) is 0 Å². The van der Waals surface area contributed by atoms with Crippen molar-refractivity contribution >= 4 is 0 Å². The first-order valence-electron chi connectivity index (χ1n) is 3.33. The standard InChI is InChI=1S/C7H12F2/c1-5-3-7(5,2)4-6(8)9/h5-6H,3-4H2,1-2H3. The minimum atomic E-state index is -2.11. The maximum absolute atomic E-state index is 11.7. The van der Waals surface area contributed by atoms with Gasteiger partial charge in [-0.15, -0.1) is 0 Å². The third kappa shape index (κ3) is 1.41. The predicted octanol–water partition coefficient (Wildman–Crippen LogP) is 2.69. The van der Waals surface area contributed by atoms with Crippen LogP contribution >= 0.6 is 0 Å². The summed E-state index contributed by atoms with van der Waals surface area (Å²) in [6, 6.07) is 0. The summed E-state index contributed by atoms with van der Waals surface area (Å²) in [6.07, 6.45) is -1.04. The van der Waals surface area contributed by atoms with Crippen LogP contribution in [0.4, 0.5) is 8.78 Å². The molecule has 0 saturated heterocycles. The van der Waals surface area contributed by atoms with Gasteiger partial charge in [-0.1, -0.05) is 13.8 Å². The van der Waals surface area contributed by atoms with Crippen molar-refractivity contribution in [1.29, 1.82) is 0 Å². The molecular weight excluding hydrogens is 122 g/mol. The molecule has 54 valence electrons. The average Bonchev–Trinajstić information content (AvgIpc) is 2.10. The fourth-order valence-corrected chi connectivity index (χ4v) is 1.28. The van der Waals surface area contributed by atoms with Crippen molar-refractivity contribution in [2.45, 2.75) is 33.1 Å². The molecule has 2 heteroatoms. The van der Waals surface area contributed by atoms with Gasteiger partial charge in [-0.2, -0.15) is 0 Å². The summed E-state index contributed by atoms with van der Waals surface area (Å²) in [5, 5.41) is 0. The van der Waals surface area contributed by atoms with Crippen molar-refractivity contribution < 1.29 is 8.78 Å². The van der Waals surface area contributed by atoms with Gasteiger partial charge in [-0.3, -0.25) is 0 Å². The van der Waals surface area contributed by atoms with E-state index in [9.17, 15) is 8.78 Å². The number of halogens is 2. The second-order valence-corrected chi connectivity index (χ2v) is 3.35. The van der Waals surface area contributed by atoms with Crippen LogP contribution in [0.5, 0.6) is 0 Å². The molecule has 1 fully saturated rings. The van der Waals surface area contributed by atoms with Gasteiger partial charge < -0.3 is 0 Å². The second-order valence-electron chi connectivity index (χ2n) is 3.35. The Hall–Kier alpha value is -0.140. The summed E-state index contributed by atoms with van der Waals surface area (Å²) in [4.78, 5) is 0. The molecule has 1 aliphatic rings. The molecule has 2 unspecified atom stereocenters. The summed E-state index contributed by atoms with van der Waals surface area (Å²) in [7, 11) is 0. The smallest absolute Gasteiger partial charge is 0.211 e. The minimum absolute atomic E-state index is 0.0197. The first kappa shape index (κ1) is 6.97. The van der Waals surface area contributed by atoms with Gasteiger partial charge >= 0.3 is 0 Å². The quantitative estimate of drug-likeness (QED) is 0.544. The van der Waals surface area contributed by atoms with Crippen LogP contribution in [-0.2, 0) is 0 Å². The van der Waals surface area contributed by atoms with Crippen LogP contribution in [0.15, 0.2) is 0 Å². The van der Waals surface area contributed by atoms with E-state index in [-0.39, 0.29) is 11.8 Å². The third-order valence-corrected chi connectivity index (χ3v) is 2.42. The summed E-state index contributed by atoms with van der Waals surface area (Å²) >= 11 is 0. The molecule has 0 aromatic heterocycles. The number of hydrogen-bond acceptors (Lipinski definition) is 0. The van der Waals surface area contributed by atoms with Gasteiger partial charge in [0.2, 0.25) is 6.43 Å². The fraction of sp³-hybridized carbons (Fsp3) is 1.00. The molecule has 0 aromatic rings. The summed E-state index contributed by atoms with van der Waals surface area (Å²) < 4.78 is 23.5. The van der Waals surface area contributed by atoms with E-state index in [1.54, 1.807) is 0 Å². The van der Waals surface area contributed by atoms with Crippen LogP contribution in [0.2, 0.25) is 0 Å². The highest BCUT2D eigenvalue weighted by Crippen LogP contribution is 2.55. The predicted molar refractivity (Wildman–Crippen MR) is 32.5 cm³/mol. The Bertz CT molecular complexity index is 111. The molecule has 0 amide bonds. The summed E-state index contributed by atoms with van der Waals surface area (Å²) in [6.45, 7) is 3.96. The van der Waals surface area contributed by atoms with Crippen molar-refractivity contribution in [2.75, 3.05) is 0 Å². The lowest BCUT2D eigenvalue weighted by Gasteiger charge is -2.06. The van der Waals surface area contributed by atoms with Crippen molar-refractivity contribution in [2.24, 2.45) is 11.3 Å². The number of rotatable bonds is 2. The van der Waals surface area contributed by atoms with Gasteiger partial charge in [0.05, 0.1) is 0 Å². The molecule has 0 aromatic carbocycles. The molecule has 0 bridgehead atoms. The molecule has 2 atom stereocenters. The maximum atomic E-state index is 11.7. The molecule has 0 N–H and O–H groups in total. The van der Waals surface area contributed by atoms with Gasteiger partial charge in [-0.25, -0.2) is 8.78 Å². The van der Waals surface area contributed by atoms with Crippen LogP contribution < -0.4 is 0 Å². The Kier molecular flexibility index (Phi) is 1.49. The lowest BCUT2D eigenvalue weighted by molar-refractivity contribution is 0.109. The average molecular weight is 134 g/mol. The van der Waals surface area contributed by atoms with E-state index in [1.165, 1.54) is 0 Å². The first-order valence-corrected chi connectivity index (χ1v) is 3.33. The molecule has 1 aliphatic carbocycles. The Morgan fingerprint density at radius 3 is 2.22 bits per heavy atom. The first-order chi connectivity index (χ1) is 4.04. The highest BCUT2D eigenvalue weighted by molar-refractivity contribution is 4.95. The lowest BCUT2D eigenvalue weighted by atomic mass is 10.0. The zero-order valence-corrected chi connectivity index (χ0v) is 5.82.